The number of rotatable bonds is 7. The van der Waals surface area contributed by atoms with Crippen molar-refractivity contribution < 1.29 is 9.66 Å². The zero-order valence-corrected chi connectivity index (χ0v) is 17.1. The fourth-order valence-electron chi connectivity index (χ4n) is 3.28. The lowest BCUT2D eigenvalue weighted by Crippen LogP contribution is -2.11. The predicted octanol–water partition coefficient (Wildman–Crippen LogP) is 6.39. The van der Waals surface area contributed by atoms with Crippen LogP contribution in [0.2, 0.25) is 0 Å². The molecule has 0 saturated heterocycles. The van der Waals surface area contributed by atoms with E-state index in [2.05, 4.69) is 32.3 Å². The summed E-state index contributed by atoms with van der Waals surface area (Å²) >= 11 is 0. The SMILES string of the molecule is C=C(C)C(CCOC1=NC=CCC(CC)=C1c1ccc([N+](=O)[O-])cc1)=C(C)C. The first-order chi connectivity index (χ1) is 13.3. The van der Waals surface area contributed by atoms with Gasteiger partial charge in [-0.3, -0.25) is 10.1 Å². The molecule has 1 aliphatic rings. The lowest BCUT2D eigenvalue weighted by Gasteiger charge is -2.17. The van der Waals surface area contributed by atoms with E-state index in [1.165, 1.54) is 28.9 Å². The van der Waals surface area contributed by atoms with Crippen molar-refractivity contribution >= 4 is 17.2 Å². The summed E-state index contributed by atoms with van der Waals surface area (Å²) in [5.74, 6) is 0.564. The summed E-state index contributed by atoms with van der Waals surface area (Å²) in [6.07, 6.45) is 6.17. The minimum Gasteiger partial charge on any atom is -0.477 e. The lowest BCUT2D eigenvalue weighted by molar-refractivity contribution is -0.384. The van der Waals surface area contributed by atoms with E-state index < -0.39 is 4.92 Å². The molecule has 5 heteroatoms. The van der Waals surface area contributed by atoms with Gasteiger partial charge in [0.25, 0.3) is 5.69 Å². The Balaban J connectivity index is 2.31. The number of non-ortho nitro benzene ring substituents is 1. The second kappa shape index (κ2) is 9.83. The molecule has 0 atom stereocenters. The van der Waals surface area contributed by atoms with E-state index in [1.807, 2.05) is 13.0 Å². The zero-order chi connectivity index (χ0) is 20.7. The number of hydrogen-bond donors (Lipinski definition) is 0. The highest BCUT2D eigenvalue weighted by Crippen LogP contribution is 2.29. The van der Waals surface area contributed by atoms with E-state index in [4.69, 9.17) is 4.74 Å². The van der Waals surface area contributed by atoms with Gasteiger partial charge in [-0.25, -0.2) is 4.99 Å². The van der Waals surface area contributed by atoms with Crippen LogP contribution in [0, 0.1) is 10.1 Å². The van der Waals surface area contributed by atoms with Crippen molar-refractivity contribution in [2.24, 2.45) is 4.99 Å². The van der Waals surface area contributed by atoms with E-state index in [-0.39, 0.29) is 5.69 Å². The Morgan fingerprint density at radius 3 is 2.46 bits per heavy atom. The fourth-order valence-corrected chi connectivity index (χ4v) is 3.28. The molecule has 2 rings (SSSR count). The van der Waals surface area contributed by atoms with Gasteiger partial charge < -0.3 is 4.74 Å². The molecule has 0 bridgehead atoms. The number of nitro benzene ring substituents is 1. The first-order valence-corrected chi connectivity index (χ1v) is 9.50. The first-order valence-electron chi connectivity index (χ1n) is 9.50. The molecule has 1 aromatic carbocycles. The lowest BCUT2D eigenvalue weighted by atomic mass is 9.96. The Hall–Kier alpha value is -2.95. The van der Waals surface area contributed by atoms with Gasteiger partial charge in [-0.05, 0) is 56.9 Å². The number of benzene rings is 1. The smallest absolute Gasteiger partial charge is 0.269 e. The molecule has 1 heterocycles. The van der Waals surface area contributed by atoms with Crippen LogP contribution in [0.15, 0.2) is 70.4 Å². The molecule has 0 saturated carbocycles. The number of hydrogen-bond acceptors (Lipinski definition) is 4. The van der Waals surface area contributed by atoms with Gasteiger partial charge in [0.1, 0.15) is 0 Å². The third-order valence-electron chi connectivity index (χ3n) is 4.73. The molecule has 0 amide bonds. The van der Waals surface area contributed by atoms with Crippen molar-refractivity contribution in [2.45, 2.75) is 47.0 Å². The molecule has 0 fully saturated rings. The first kappa shape index (κ1) is 21.4. The summed E-state index contributed by atoms with van der Waals surface area (Å²) in [5, 5.41) is 11.0. The summed E-state index contributed by atoms with van der Waals surface area (Å²) in [7, 11) is 0. The third kappa shape index (κ3) is 5.28. The van der Waals surface area contributed by atoms with Crippen molar-refractivity contribution in [1.82, 2.24) is 0 Å². The molecule has 148 valence electrons. The van der Waals surface area contributed by atoms with Crippen molar-refractivity contribution in [2.75, 3.05) is 6.61 Å². The number of aliphatic imine (C=N–C) groups is 1. The Kier molecular flexibility index (Phi) is 7.50. The quantitative estimate of drug-likeness (QED) is 0.312. The van der Waals surface area contributed by atoms with Crippen LogP contribution in [-0.4, -0.2) is 17.4 Å². The molecule has 5 nitrogen and oxygen atoms in total. The Bertz CT molecular complexity index is 868. The highest BCUT2D eigenvalue weighted by molar-refractivity contribution is 6.21. The van der Waals surface area contributed by atoms with E-state index in [1.54, 1.807) is 18.3 Å². The maximum atomic E-state index is 11.0. The van der Waals surface area contributed by atoms with Crippen LogP contribution >= 0.6 is 0 Å². The summed E-state index contributed by atoms with van der Waals surface area (Å²) in [5.41, 5.74) is 6.57. The normalized spacial score (nSPS) is 13.6. The minimum absolute atomic E-state index is 0.0724. The molecule has 1 aliphatic heterocycles. The average molecular weight is 380 g/mol. The van der Waals surface area contributed by atoms with Crippen LogP contribution in [-0.2, 0) is 4.74 Å². The Morgan fingerprint density at radius 1 is 1.25 bits per heavy atom. The third-order valence-corrected chi connectivity index (χ3v) is 4.73. The zero-order valence-electron chi connectivity index (χ0n) is 17.1. The van der Waals surface area contributed by atoms with Gasteiger partial charge >= 0.3 is 0 Å². The molecule has 0 spiro atoms. The molecular weight excluding hydrogens is 352 g/mol. The van der Waals surface area contributed by atoms with E-state index in [0.29, 0.717) is 12.5 Å². The second-order valence-corrected chi connectivity index (χ2v) is 7.02. The van der Waals surface area contributed by atoms with Crippen molar-refractivity contribution in [1.29, 1.82) is 0 Å². The topological polar surface area (TPSA) is 64.7 Å². The summed E-state index contributed by atoms with van der Waals surface area (Å²) in [6, 6.07) is 6.58. The molecular formula is C23H28N2O3. The van der Waals surface area contributed by atoms with Gasteiger partial charge in [0.2, 0.25) is 5.90 Å². The molecule has 0 aromatic heterocycles. The molecule has 0 N–H and O–H groups in total. The van der Waals surface area contributed by atoms with Crippen LogP contribution in [0.4, 0.5) is 5.69 Å². The molecule has 0 radical (unpaired) electrons. The summed E-state index contributed by atoms with van der Waals surface area (Å²) in [4.78, 5) is 15.1. The molecule has 28 heavy (non-hydrogen) atoms. The maximum absolute atomic E-state index is 11.0. The van der Waals surface area contributed by atoms with Crippen molar-refractivity contribution in [3.05, 3.63) is 81.1 Å². The van der Waals surface area contributed by atoms with Crippen molar-refractivity contribution in [3.8, 4) is 0 Å². The molecule has 0 unspecified atom stereocenters. The van der Waals surface area contributed by atoms with Crippen LogP contribution in [0.5, 0.6) is 0 Å². The Morgan fingerprint density at radius 2 is 1.93 bits per heavy atom. The summed E-state index contributed by atoms with van der Waals surface area (Å²) in [6.45, 7) is 12.8. The number of nitro groups is 1. The van der Waals surface area contributed by atoms with Gasteiger partial charge in [0, 0.05) is 30.3 Å². The van der Waals surface area contributed by atoms with Crippen LogP contribution < -0.4 is 0 Å². The van der Waals surface area contributed by atoms with Crippen LogP contribution in [0.25, 0.3) is 5.57 Å². The van der Waals surface area contributed by atoms with Gasteiger partial charge in [-0.2, -0.15) is 0 Å². The number of ether oxygens (including phenoxy) is 1. The Labute approximate surface area is 167 Å². The van der Waals surface area contributed by atoms with E-state index in [9.17, 15) is 10.1 Å². The number of allylic oxidation sites excluding steroid dienone is 4. The van der Waals surface area contributed by atoms with Gasteiger partial charge in [-0.15, -0.1) is 0 Å². The molecule has 1 aromatic rings. The van der Waals surface area contributed by atoms with E-state index >= 15 is 0 Å². The second-order valence-electron chi connectivity index (χ2n) is 7.02. The monoisotopic (exact) mass is 380 g/mol. The fraction of sp³-hybridized carbons (Fsp3) is 0.348. The molecule has 0 aliphatic carbocycles. The van der Waals surface area contributed by atoms with Gasteiger partial charge in [0.15, 0.2) is 0 Å². The van der Waals surface area contributed by atoms with Gasteiger partial charge in [0.05, 0.1) is 11.5 Å². The van der Waals surface area contributed by atoms with Crippen LogP contribution in [0.3, 0.4) is 0 Å². The highest BCUT2D eigenvalue weighted by Gasteiger charge is 2.19. The summed E-state index contributed by atoms with van der Waals surface area (Å²) < 4.78 is 6.10. The van der Waals surface area contributed by atoms with E-state index in [0.717, 1.165) is 36.0 Å². The average Bonchev–Trinajstić information content (AvgIpc) is 2.86. The number of nitrogens with zero attached hydrogens (tertiary/aromatic N) is 2. The predicted molar refractivity (Wildman–Crippen MR) is 115 cm³/mol. The largest absolute Gasteiger partial charge is 0.477 e. The van der Waals surface area contributed by atoms with Gasteiger partial charge in [-0.1, -0.05) is 36.3 Å². The van der Waals surface area contributed by atoms with Crippen molar-refractivity contribution in [3.63, 3.8) is 0 Å². The maximum Gasteiger partial charge on any atom is 0.269 e. The minimum atomic E-state index is -0.391. The van der Waals surface area contributed by atoms with Crippen LogP contribution in [0.1, 0.15) is 52.5 Å². The standard InChI is InChI=1S/C23H28N2O3/c1-6-18-8-7-14-24-23(28-15-13-21(16(2)3)17(4)5)22(18)19-9-11-20(12-10-19)25(26)27/h7,9-12,14H,2,6,8,13,15H2,1,3-5H3. The highest BCUT2D eigenvalue weighted by atomic mass is 16.6.